The quantitative estimate of drug-likeness (QED) is 0.875. The largest absolute Gasteiger partial charge is 0.481 e. The lowest BCUT2D eigenvalue weighted by molar-refractivity contribution is 0.122. The number of likely N-dealkylation sites (N-methyl/N-ethyl adjacent to an activating group) is 1. The third kappa shape index (κ3) is 3.95. The van der Waals surface area contributed by atoms with Gasteiger partial charge < -0.3 is 10.5 Å². The normalized spacial score (nSPS) is 24.0. The van der Waals surface area contributed by atoms with Crippen molar-refractivity contribution in [1.29, 1.82) is 0 Å². The van der Waals surface area contributed by atoms with Crippen molar-refractivity contribution in [2.45, 2.75) is 51.1 Å². The van der Waals surface area contributed by atoms with E-state index in [1.54, 1.807) is 7.11 Å². The summed E-state index contributed by atoms with van der Waals surface area (Å²) in [5, 5.41) is 0. The summed E-state index contributed by atoms with van der Waals surface area (Å²) in [7, 11) is 3.85. The van der Waals surface area contributed by atoms with Gasteiger partial charge in [0, 0.05) is 30.9 Å². The van der Waals surface area contributed by atoms with Crippen LogP contribution in [0.1, 0.15) is 50.6 Å². The summed E-state index contributed by atoms with van der Waals surface area (Å²) < 4.78 is 5.13. The molecular formula is C17H29N3O. The number of nitrogens with two attached hydrogens (primary N) is 1. The molecule has 4 nitrogen and oxygen atoms in total. The average Bonchev–Trinajstić information content (AvgIpc) is 2.56. The fourth-order valence-electron chi connectivity index (χ4n) is 3.46. The van der Waals surface area contributed by atoms with E-state index < -0.39 is 0 Å². The highest BCUT2D eigenvalue weighted by atomic mass is 16.5. The fourth-order valence-corrected chi connectivity index (χ4v) is 3.46. The first kappa shape index (κ1) is 16.2. The lowest BCUT2D eigenvalue weighted by Gasteiger charge is -2.38. The maximum Gasteiger partial charge on any atom is 0.212 e. The minimum atomic E-state index is 0.242. The average molecular weight is 291 g/mol. The first-order valence-electron chi connectivity index (χ1n) is 8.11. The van der Waals surface area contributed by atoms with Gasteiger partial charge in [0.15, 0.2) is 0 Å². The molecule has 118 valence electrons. The van der Waals surface area contributed by atoms with Crippen molar-refractivity contribution in [3.05, 3.63) is 23.9 Å². The second-order valence-corrected chi connectivity index (χ2v) is 6.13. The van der Waals surface area contributed by atoms with Crippen molar-refractivity contribution in [3.63, 3.8) is 0 Å². The maximum atomic E-state index is 6.04. The van der Waals surface area contributed by atoms with Gasteiger partial charge in [-0.15, -0.1) is 0 Å². The Kier molecular flexibility index (Phi) is 6.00. The second kappa shape index (κ2) is 7.76. The highest BCUT2D eigenvalue weighted by Gasteiger charge is 2.27. The van der Waals surface area contributed by atoms with Crippen molar-refractivity contribution < 1.29 is 4.74 Å². The Morgan fingerprint density at radius 1 is 1.33 bits per heavy atom. The highest BCUT2D eigenvalue weighted by Crippen LogP contribution is 2.32. The number of aromatic nitrogens is 1. The van der Waals surface area contributed by atoms with Crippen molar-refractivity contribution in [2.24, 2.45) is 11.7 Å². The van der Waals surface area contributed by atoms with Gasteiger partial charge in [0.25, 0.3) is 0 Å². The molecule has 1 unspecified atom stereocenters. The molecule has 0 radical (unpaired) electrons. The number of methoxy groups -OCH3 is 1. The van der Waals surface area contributed by atoms with E-state index in [1.165, 1.54) is 37.7 Å². The molecule has 1 heterocycles. The van der Waals surface area contributed by atoms with E-state index in [-0.39, 0.29) is 6.04 Å². The summed E-state index contributed by atoms with van der Waals surface area (Å²) in [5.41, 5.74) is 7.21. The monoisotopic (exact) mass is 291 g/mol. The van der Waals surface area contributed by atoms with E-state index in [1.807, 2.05) is 12.3 Å². The third-order valence-corrected chi connectivity index (χ3v) is 5.04. The zero-order chi connectivity index (χ0) is 15.2. The molecule has 2 rings (SSSR count). The van der Waals surface area contributed by atoms with Crippen LogP contribution in [0.25, 0.3) is 0 Å². The van der Waals surface area contributed by atoms with Gasteiger partial charge in [-0.1, -0.05) is 19.4 Å². The summed E-state index contributed by atoms with van der Waals surface area (Å²) in [4.78, 5) is 6.77. The highest BCUT2D eigenvalue weighted by molar-refractivity contribution is 5.21. The number of pyridine rings is 1. The Morgan fingerprint density at radius 3 is 2.52 bits per heavy atom. The number of rotatable bonds is 6. The van der Waals surface area contributed by atoms with Gasteiger partial charge in [-0.05, 0) is 44.2 Å². The first-order valence-corrected chi connectivity index (χ1v) is 8.11. The molecule has 1 fully saturated rings. The molecule has 1 aromatic heterocycles. The van der Waals surface area contributed by atoms with Crippen molar-refractivity contribution in [3.8, 4) is 5.88 Å². The smallest absolute Gasteiger partial charge is 0.212 e. The van der Waals surface area contributed by atoms with Gasteiger partial charge in [-0.3, -0.25) is 4.90 Å². The molecule has 0 saturated heterocycles. The molecule has 1 aromatic rings. The predicted molar refractivity (Wildman–Crippen MR) is 86.4 cm³/mol. The van der Waals surface area contributed by atoms with E-state index in [4.69, 9.17) is 10.5 Å². The van der Waals surface area contributed by atoms with Crippen LogP contribution in [-0.4, -0.2) is 36.6 Å². The predicted octanol–water partition coefficient (Wildman–Crippen LogP) is 2.99. The zero-order valence-electron chi connectivity index (χ0n) is 13.6. The minimum Gasteiger partial charge on any atom is -0.481 e. The Morgan fingerprint density at radius 2 is 2.05 bits per heavy atom. The first-order chi connectivity index (χ1) is 10.2. The Balaban J connectivity index is 2.02. The minimum absolute atomic E-state index is 0.242. The summed E-state index contributed by atoms with van der Waals surface area (Å²) in [5.74, 6) is 1.58. The van der Waals surface area contributed by atoms with Crippen LogP contribution in [0.3, 0.4) is 0 Å². The number of ether oxygens (including phenoxy) is 1. The Hall–Kier alpha value is -1.13. The second-order valence-electron chi connectivity index (χ2n) is 6.13. The SMILES string of the molecule is CCC1CCC(N(C)C(CN)c2ccc(OC)nc2)CC1. The van der Waals surface area contributed by atoms with Crippen molar-refractivity contribution >= 4 is 0 Å². The van der Waals surface area contributed by atoms with Crippen LogP contribution in [0.15, 0.2) is 18.3 Å². The standard InChI is InChI=1S/C17H29N3O/c1-4-13-5-8-15(9-6-13)20(2)16(11-18)14-7-10-17(21-3)19-12-14/h7,10,12-13,15-16H,4-6,8-9,11,18H2,1-3H3. The van der Waals surface area contributed by atoms with Crippen LogP contribution in [0.5, 0.6) is 5.88 Å². The lowest BCUT2D eigenvalue weighted by atomic mass is 9.83. The van der Waals surface area contributed by atoms with Crippen molar-refractivity contribution in [2.75, 3.05) is 20.7 Å². The van der Waals surface area contributed by atoms with Gasteiger partial charge in [0.1, 0.15) is 0 Å². The molecule has 4 heteroatoms. The molecule has 0 aliphatic heterocycles. The summed E-state index contributed by atoms with van der Waals surface area (Å²) in [6.45, 7) is 2.93. The molecule has 1 aliphatic rings. The van der Waals surface area contributed by atoms with Crippen LogP contribution >= 0.6 is 0 Å². The van der Waals surface area contributed by atoms with Crippen molar-refractivity contribution in [1.82, 2.24) is 9.88 Å². The van der Waals surface area contributed by atoms with Crippen LogP contribution in [0.4, 0.5) is 0 Å². The zero-order valence-corrected chi connectivity index (χ0v) is 13.6. The van der Waals surface area contributed by atoms with Gasteiger partial charge in [-0.2, -0.15) is 0 Å². The van der Waals surface area contributed by atoms with Gasteiger partial charge in [0.05, 0.1) is 7.11 Å². The van der Waals surface area contributed by atoms with E-state index in [9.17, 15) is 0 Å². The third-order valence-electron chi connectivity index (χ3n) is 5.04. The summed E-state index contributed by atoms with van der Waals surface area (Å²) in [6, 6.07) is 4.88. The van der Waals surface area contributed by atoms with E-state index >= 15 is 0 Å². The number of nitrogens with zero attached hydrogens (tertiary/aromatic N) is 2. The summed E-state index contributed by atoms with van der Waals surface area (Å²) in [6.07, 6.45) is 8.49. The number of hydrogen-bond acceptors (Lipinski definition) is 4. The molecule has 1 saturated carbocycles. The van der Waals surface area contributed by atoms with E-state index in [0.717, 1.165) is 5.92 Å². The number of hydrogen-bond donors (Lipinski definition) is 1. The van der Waals surface area contributed by atoms with Gasteiger partial charge in [-0.25, -0.2) is 4.98 Å². The molecule has 0 spiro atoms. The molecular weight excluding hydrogens is 262 g/mol. The molecule has 1 aliphatic carbocycles. The van der Waals surface area contributed by atoms with Crippen LogP contribution in [-0.2, 0) is 0 Å². The van der Waals surface area contributed by atoms with E-state index in [2.05, 4.69) is 29.9 Å². The molecule has 0 amide bonds. The van der Waals surface area contributed by atoms with E-state index in [0.29, 0.717) is 18.5 Å². The topological polar surface area (TPSA) is 51.4 Å². The molecule has 1 atom stereocenters. The van der Waals surface area contributed by atoms with Gasteiger partial charge in [0.2, 0.25) is 5.88 Å². The summed E-state index contributed by atoms with van der Waals surface area (Å²) >= 11 is 0. The fraction of sp³-hybridized carbons (Fsp3) is 0.706. The Bertz CT molecular complexity index is 413. The molecule has 0 bridgehead atoms. The molecule has 0 aromatic carbocycles. The van der Waals surface area contributed by atoms with Crippen LogP contribution in [0.2, 0.25) is 0 Å². The van der Waals surface area contributed by atoms with Crippen LogP contribution < -0.4 is 10.5 Å². The van der Waals surface area contributed by atoms with Gasteiger partial charge >= 0.3 is 0 Å². The molecule has 2 N–H and O–H groups in total. The molecule has 21 heavy (non-hydrogen) atoms. The Labute approximate surface area is 128 Å². The van der Waals surface area contributed by atoms with Crippen LogP contribution in [0, 0.1) is 5.92 Å². The maximum absolute atomic E-state index is 6.04. The lowest BCUT2D eigenvalue weighted by Crippen LogP contribution is -2.40.